The smallest absolute Gasteiger partial charge is 0.410 e. The Bertz CT molecular complexity index is 1110. The van der Waals surface area contributed by atoms with Crippen LogP contribution in [-0.4, -0.2) is 50.4 Å². The van der Waals surface area contributed by atoms with Gasteiger partial charge >= 0.3 is 6.09 Å². The number of carbonyl (C=O) groups is 1. The van der Waals surface area contributed by atoms with Gasteiger partial charge in [0.15, 0.2) is 0 Å². The summed E-state index contributed by atoms with van der Waals surface area (Å²) >= 11 is 0. The van der Waals surface area contributed by atoms with Gasteiger partial charge in [-0.05, 0) is 54.9 Å². The van der Waals surface area contributed by atoms with E-state index in [1.807, 2.05) is 30.3 Å². The van der Waals surface area contributed by atoms with Crippen molar-refractivity contribution in [3.05, 3.63) is 85.0 Å². The first-order valence-corrected chi connectivity index (χ1v) is 13.4. The Hall–Kier alpha value is -2.90. The fraction of sp³-hybridized carbons (Fsp3) is 0.370. The zero-order chi connectivity index (χ0) is 24.6. The number of hydrogen-bond acceptors (Lipinski definition) is 4. The van der Waals surface area contributed by atoms with E-state index in [1.165, 1.54) is 5.56 Å². The summed E-state index contributed by atoms with van der Waals surface area (Å²) in [4.78, 5) is 14.4. The maximum absolute atomic E-state index is 12.8. The highest BCUT2D eigenvalue weighted by molar-refractivity contribution is 7.89. The quantitative estimate of drug-likeness (QED) is 0.371. The van der Waals surface area contributed by atoms with Crippen LogP contribution < -0.4 is 4.72 Å². The maximum Gasteiger partial charge on any atom is 0.410 e. The van der Waals surface area contributed by atoms with E-state index in [0.29, 0.717) is 25.8 Å². The highest BCUT2D eigenvalue weighted by Gasteiger charge is 2.39. The second-order valence-corrected chi connectivity index (χ2v) is 10.5. The van der Waals surface area contributed by atoms with E-state index in [-0.39, 0.29) is 24.4 Å². The minimum atomic E-state index is -3.41. The minimum Gasteiger partial charge on any atom is -0.449 e. The van der Waals surface area contributed by atoms with Gasteiger partial charge in [0.05, 0.1) is 18.4 Å². The topological polar surface area (TPSA) is 75.7 Å². The number of carbonyl (C=O) groups excluding carboxylic acids is 1. The zero-order valence-corrected chi connectivity index (χ0v) is 20.6. The molecule has 0 radical (unpaired) electrons. The van der Waals surface area contributed by atoms with Gasteiger partial charge in [0.1, 0.15) is 0 Å². The molecule has 0 spiro atoms. The molecule has 0 aliphatic carbocycles. The maximum atomic E-state index is 12.8. The van der Waals surface area contributed by atoms with Crippen LogP contribution in [0.4, 0.5) is 4.79 Å². The monoisotopic (exact) mass is 482 g/mol. The number of allylic oxidation sites excluding steroid dienone is 1. The highest BCUT2D eigenvalue weighted by atomic mass is 32.2. The summed E-state index contributed by atoms with van der Waals surface area (Å²) in [7, 11) is -3.41. The molecule has 0 aromatic heterocycles. The zero-order valence-electron chi connectivity index (χ0n) is 19.8. The molecule has 2 aromatic carbocycles. The first kappa shape index (κ1) is 25.7. The van der Waals surface area contributed by atoms with Crippen molar-refractivity contribution < 1.29 is 17.9 Å². The van der Waals surface area contributed by atoms with Gasteiger partial charge in [-0.15, -0.1) is 13.2 Å². The number of nitrogens with one attached hydrogen (secondary N) is 1. The number of hydrogen-bond donors (Lipinski definition) is 1. The lowest BCUT2D eigenvalue weighted by Gasteiger charge is -2.28. The minimum absolute atomic E-state index is 0.00439. The van der Waals surface area contributed by atoms with E-state index < -0.39 is 16.1 Å². The summed E-state index contributed by atoms with van der Waals surface area (Å²) in [6.45, 7) is 9.82. The molecule has 1 aliphatic rings. The van der Waals surface area contributed by atoms with Crippen LogP contribution in [-0.2, 0) is 27.6 Å². The number of ether oxygens (including phenoxy) is 1. The molecule has 1 amide bonds. The van der Waals surface area contributed by atoms with Gasteiger partial charge in [0.25, 0.3) is 0 Å². The van der Waals surface area contributed by atoms with Crippen molar-refractivity contribution in [2.24, 2.45) is 0 Å². The molecule has 7 heteroatoms. The van der Waals surface area contributed by atoms with Crippen molar-refractivity contribution in [1.82, 2.24) is 9.62 Å². The van der Waals surface area contributed by atoms with Crippen molar-refractivity contribution in [3.63, 3.8) is 0 Å². The van der Waals surface area contributed by atoms with Crippen LogP contribution in [0.3, 0.4) is 0 Å². The summed E-state index contributed by atoms with van der Waals surface area (Å²) in [5, 5.41) is 0. The number of likely N-dealkylation sites (tertiary alicyclic amines) is 1. The van der Waals surface area contributed by atoms with Gasteiger partial charge < -0.3 is 9.64 Å². The van der Waals surface area contributed by atoms with Crippen molar-refractivity contribution >= 4 is 16.1 Å². The molecule has 2 aromatic rings. The molecule has 2 unspecified atom stereocenters. The van der Waals surface area contributed by atoms with Gasteiger partial charge in [-0.25, -0.2) is 17.9 Å². The average Bonchev–Trinajstić information content (AvgIpc) is 3.21. The van der Waals surface area contributed by atoms with Crippen molar-refractivity contribution in [2.45, 2.75) is 44.7 Å². The largest absolute Gasteiger partial charge is 0.449 e. The van der Waals surface area contributed by atoms with Crippen LogP contribution >= 0.6 is 0 Å². The fourth-order valence-electron chi connectivity index (χ4n) is 4.34. The molecule has 3 rings (SSSR count). The van der Waals surface area contributed by atoms with Crippen LogP contribution in [0.15, 0.2) is 73.8 Å². The summed E-state index contributed by atoms with van der Waals surface area (Å²) in [5.74, 6) is -0.00439. The van der Waals surface area contributed by atoms with E-state index >= 15 is 0 Å². The van der Waals surface area contributed by atoms with Crippen LogP contribution in [0.2, 0.25) is 0 Å². The first-order chi connectivity index (χ1) is 16.4. The summed E-state index contributed by atoms with van der Waals surface area (Å²) in [6, 6.07) is 15.7. The molecule has 2 atom stereocenters. The Morgan fingerprint density at radius 1 is 1.18 bits per heavy atom. The molecule has 0 bridgehead atoms. The molecule has 1 aliphatic heterocycles. The van der Waals surface area contributed by atoms with Crippen LogP contribution in [0.5, 0.6) is 0 Å². The standard InChI is InChI=1S/C27H34N2O4S/c1-4-7-18-33-27(30)29-17-16-25(28-34(31,32)6-3)26(29)20-21-12-10-14-23(19-21)24-15-9-8-13-22(24)11-5-2/h4-5,8-10,12-15,19,25-26,28H,1-2,6-7,11,16-18,20H2,3H3. The van der Waals surface area contributed by atoms with Gasteiger partial charge in [-0.1, -0.05) is 60.7 Å². The molecule has 0 saturated carbocycles. The van der Waals surface area contributed by atoms with E-state index in [1.54, 1.807) is 17.9 Å². The Labute approximate surface area is 203 Å². The average molecular weight is 483 g/mol. The normalized spacial score (nSPS) is 18.0. The molecular weight excluding hydrogens is 448 g/mol. The molecule has 182 valence electrons. The third-order valence-electron chi connectivity index (χ3n) is 6.10. The van der Waals surface area contributed by atoms with Crippen LogP contribution in [0.25, 0.3) is 11.1 Å². The molecule has 1 heterocycles. The number of rotatable bonds is 11. The molecule has 6 nitrogen and oxygen atoms in total. The lowest BCUT2D eigenvalue weighted by molar-refractivity contribution is 0.0978. The van der Waals surface area contributed by atoms with Crippen molar-refractivity contribution in [3.8, 4) is 11.1 Å². The van der Waals surface area contributed by atoms with Gasteiger partial charge in [-0.2, -0.15) is 0 Å². The molecule has 1 fully saturated rings. The SMILES string of the molecule is C=CCCOC(=O)N1CCC(NS(=O)(=O)CC)C1Cc1cccc(-c2ccccc2CC=C)c1. The number of amides is 1. The third-order valence-corrected chi connectivity index (χ3v) is 7.53. The van der Waals surface area contributed by atoms with Crippen molar-refractivity contribution in [2.75, 3.05) is 18.9 Å². The van der Waals surface area contributed by atoms with Crippen molar-refractivity contribution in [1.29, 1.82) is 0 Å². The third kappa shape index (κ3) is 6.58. The van der Waals surface area contributed by atoms with Crippen LogP contribution in [0.1, 0.15) is 30.9 Å². The molecular formula is C27H34N2O4S. The second-order valence-electron chi connectivity index (χ2n) is 8.42. The van der Waals surface area contributed by atoms with Gasteiger partial charge in [0.2, 0.25) is 10.0 Å². The lowest BCUT2D eigenvalue weighted by Crippen LogP contribution is -2.48. The number of nitrogens with zero attached hydrogens (tertiary/aromatic N) is 1. The molecule has 34 heavy (non-hydrogen) atoms. The Balaban J connectivity index is 1.87. The summed E-state index contributed by atoms with van der Waals surface area (Å²) in [6.07, 6.45) is 5.57. The van der Waals surface area contributed by atoms with Crippen LogP contribution in [0, 0.1) is 0 Å². The summed E-state index contributed by atoms with van der Waals surface area (Å²) in [5.41, 5.74) is 4.44. The number of sulfonamides is 1. The predicted octanol–water partition coefficient (Wildman–Crippen LogP) is 4.72. The highest BCUT2D eigenvalue weighted by Crippen LogP contribution is 2.28. The van der Waals surface area contributed by atoms with E-state index in [9.17, 15) is 13.2 Å². The Morgan fingerprint density at radius 3 is 2.71 bits per heavy atom. The second kappa shape index (κ2) is 12.0. The predicted molar refractivity (Wildman–Crippen MR) is 137 cm³/mol. The lowest BCUT2D eigenvalue weighted by atomic mass is 9.94. The van der Waals surface area contributed by atoms with E-state index in [2.05, 4.69) is 42.1 Å². The number of benzene rings is 2. The summed E-state index contributed by atoms with van der Waals surface area (Å²) < 4.78 is 32.8. The van der Waals surface area contributed by atoms with Gasteiger partial charge in [-0.3, -0.25) is 0 Å². The van der Waals surface area contributed by atoms with E-state index in [4.69, 9.17) is 4.74 Å². The van der Waals surface area contributed by atoms with E-state index in [0.717, 1.165) is 23.1 Å². The van der Waals surface area contributed by atoms with Gasteiger partial charge in [0, 0.05) is 12.6 Å². The fourth-order valence-corrected chi connectivity index (χ4v) is 5.24. The molecule has 1 N–H and O–H groups in total. The Morgan fingerprint density at radius 2 is 1.97 bits per heavy atom. The molecule has 1 saturated heterocycles. The first-order valence-electron chi connectivity index (χ1n) is 11.7. The Kier molecular flexibility index (Phi) is 9.07.